The Hall–Kier alpha value is -1.13. The fraction of sp³-hybridized carbons (Fsp3) is 0.308. The molecular formula is C13H16BrNO2. The molecule has 0 saturated heterocycles. The standard InChI is InChI=1S/C13H16BrNO2/c1-3-6-15(7-8-17-2)12-5-4-11(10-16)13(14)9-12/h3-5,9-10H,1,6-8H2,2H3. The van der Waals surface area contributed by atoms with Gasteiger partial charge in [-0.05, 0) is 34.1 Å². The molecule has 17 heavy (non-hydrogen) atoms. The highest BCUT2D eigenvalue weighted by molar-refractivity contribution is 9.10. The summed E-state index contributed by atoms with van der Waals surface area (Å²) < 4.78 is 5.87. The Balaban J connectivity index is 2.89. The molecule has 0 aromatic heterocycles. The molecule has 1 aromatic rings. The zero-order valence-corrected chi connectivity index (χ0v) is 11.4. The molecule has 4 heteroatoms. The van der Waals surface area contributed by atoms with Gasteiger partial charge in [-0.3, -0.25) is 4.79 Å². The number of hydrogen-bond acceptors (Lipinski definition) is 3. The van der Waals surface area contributed by atoms with Crippen LogP contribution in [0.2, 0.25) is 0 Å². The van der Waals surface area contributed by atoms with Gasteiger partial charge in [0.1, 0.15) is 0 Å². The quantitative estimate of drug-likeness (QED) is 0.572. The number of hydrogen-bond donors (Lipinski definition) is 0. The van der Waals surface area contributed by atoms with Crippen molar-refractivity contribution in [2.45, 2.75) is 0 Å². The summed E-state index contributed by atoms with van der Waals surface area (Å²) in [6.07, 6.45) is 2.68. The van der Waals surface area contributed by atoms with Crippen LogP contribution in [0.15, 0.2) is 35.3 Å². The second-order valence-corrected chi connectivity index (χ2v) is 4.41. The van der Waals surface area contributed by atoms with E-state index >= 15 is 0 Å². The van der Waals surface area contributed by atoms with Crippen molar-refractivity contribution < 1.29 is 9.53 Å². The second-order valence-electron chi connectivity index (χ2n) is 3.55. The fourth-order valence-corrected chi connectivity index (χ4v) is 1.95. The smallest absolute Gasteiger partial charge is 0.151 e. The lowest BCUT2D eigenvalue weighted by Crippen LogP contribution is -2.27. The summed E-state index contributed by atoms with van der Waals surface area (Å²) in [7, 11) is 1.68. The summed E-state index contributed by atoms with van der Waals surface area (Å²) in [5.74, 6) is 0. The molecule has 92 valence electrons. The SMILES string of the molecule is C=CCN(CCOC)c1ccc(C=O)c(Br)c1. The average molecular weight is 298 g/mol. The highest BCUT2D eigenvalue weighted by atomic mass is 79.9. The molecule has 0 radical (unpaired) electrons. The van der Waals surface area contributed by atoms with E-state index in [1.807, 2.05) is 18.2 Å². The largest absolute Gasteiger partial charge is 0.383 e. The molecule has 0 heterocycles. The van der Waals surface area contributed by atoms with Crippen molar-refractivity contribution in [1.29, 1.82) is 0 Å². The third kappa shape index (κ3) is 3.98. The molecule has 0 fully saturated rings. The first-order valence-electron chi connectivity index (χ1n) is 5.32. The molecule has 1 rings (SSSR count). The van der Waals surface area contributed by atoms with Crippen LogP contribution in [-0.4, -0.2) is 33.1 Å². The van der Waals surface area contributed by atoms with Crippen molar-refractivity contribution >= 4 is 27.9 Å². The maximum Gasteiger partial charge on any atom is 0.151 e. The summed E-state index contributed by atoms with van der Waals surface area (Å²) in [4.78, 5) is 12.9. The Morgan fingerprint density at radius 3 is 2.82 bits per heavy atom. The van der Waals surface area contributed by atoms with Crippen molar-refractivity contribution in [3.8, 4) is 0 Å². The van der Waals surface area contributed by atoms with Gasteiger partial charge in [-0.25, -0.2) is 0 Å². The number of halogens is 1. The van der Waals surface area contributed by atoms with Crippen LogP contribution in [-0.2, 0) is 4.74 Å². The normalized spacial score (nSPS) is 10.0. The minimum atomic E-state index is 0.652. The third-order valence-corrected chi connectivity index (χ3v) is 3.08. The second kappa shape index (κ2) is 7.25. The zero-order valence-electron chi connectivity index (χ0n) is 9.86. The van der Waals surface area contributed by atoms with Gasteiger partial charge in [0, 0.05) is 35.9 Å². The van der Waals surface area contributed by atoms with Crippen LogP contribution in [0.1, 0.15) is 10.4 Å². The summed E-state index contributed by atoms with van der Waals surface area (Å²) in [6, 6.07) is 5.66. The van der Waals surface area contributed by atoms with E-state index in [0.717, 1.165) is 29.5 Å². The minimum Gasteiger partial charge on any atom is -0.383 e. The topological polar surface area (TPSA) is 29.5 Å². The van der Waals surface area contributed by atoms with Gasteiger partial charge in [0.2, 0.25) is 0 Å². The van der Waals surface area contributed by atoms with E-state index in [4.69, 9.17) is 4.74 Å². The van der Waals surface area contributed by atoms with Crippen LogP contribution in [0.4, 0.5) is 5.69 Å². The van der Waals surface area contributed by atoms with Crippen LogP contribution in [0.25, 0.3) is 0 Å². The van der Waals surface area contributed by atoms with Gasteiger partial charge in [-0.15, -0.1) is 6.58 Å². The lowest BCUT2D eigenvalue weighted by atomic mass is 10.2. The lowest BCUT2D eigenvalue weighted by Gasteiger charge is -2.23. The van der Waals surface area contributed by atoms with Gasteiger partial charge in [0.25, 0.3) is 0 Å². The van der Waals surface area contributed by atoms with E-state index in [0.29, 0.717) is 12.2 Å². The zero-order chi connectivity index (χ0) is 12.7. The van der Waals surface area contributed by atoms with Crippen molar-refractivity contribution in [1.82, 2.24) is 0 Å². The van der Waals surface area contributed by atoms with Crippen LogP contribution in [0, 0.1) is 0 Å². The Bertz CT molecular complexity index is 393. The predicted molar refractivity (Wildman–Crippen MR) is 73.8 cm³/mol. The van der Waals surface area contributed by atoms with Gasteiger partial charge in [-0.2, -0.15) is 0 Å². The first-order valence-corrected chi connectivity index (χ1v) is 6.11. The maximum atomic E-state index is 10.7. The predicted octanol–water partition coefficient (Wildman–Crippen LogP) is 2.90. The number of benzene rings is 1. The lowest BCUT2D eigenvalue weighted by molar-refractivity contribution is 0.112. The van der Waals surface area contributed by atoms with Gasteiger partial charge < -0.3 is 9.64 Å². The highest BCUT2D eigenvalue weighted by Crippen LogP contribution is 2.23. The summed E-state index contributed by atoms with van der Waals surface area (Å²) in [6.45, 7) is 5.93. The van der Waals surface area contributed by atoms with E-state index in [1.165, 1.54) is 0 Å². The van der Waals surface area contributed by atoms with E-state index in [9.17, 15) is 4.79 Å². The average Bonchev–Trinajstić information content (AvgIpc) is 2.34. The summed E-state index contributed by atoms with van der Waals surface area (Å²) >= 11 is 3.38. The van der Waals surface area contributed by atoms with Crippen LogP contribution >= 0.6 is 15.9 Å². The Labute approximate surface area is 110 Å². The van der Waals surface area contributed by atoms with Gasteiger partial charge >= 0.3 is 0 Å². The number of carbonyl (C=O) groups excluding carboxylic acids is 1. The van der Waals surface area contributed by atoms with Crippen molar-refractivity contribution in [2.75, 3.05) is 31.7 Å². The number of aldehydes is 1. The number of carbonyl (C=O) groups is 1. The number of ether oxygens (including phenoxy) is 1. The van der Waals surface area contributed by atoms with Crippen LogP contribution < -0.4 is 4.90 Å². The Morgan fingerprint density at radius 1 is 1.53 bits per heavy atom. The van der Waals surface area contributed by atoms with Gasteiger partial charge in [-0.1, -0.05) is 6.08 Å². The van der Waals surface area contributed by atoms with Crippen LogP contribution in [0.3, 0.4) is 0 Å². The van der Waals surface area contributed by atoms with Crippen molar-refractivity contribution in [3.05, 3.63) is 40.9 Å². The summed E-state index contributed by atoms with van der Waals surface area (Å²) in [5, 5.41) is 0. The van der Waals surface area contributed by atoms with Gasteiger partial charge in [0.15, 0.2) is 6.29 Å². The molecule has 3 nitrogen and oxygen atoms in total. The van der Waals surface area contributed by atoms with E-state index in [2.05, 4.69) is 27.4 Å². The molecule has 0 spiro atoms. The van der Waals surface area contributed by atoms with E-state index in [-0.39, 0.29) is 0 Å². The van der Waals surface area contributed by atoms with Crippen LogP contribution in [0.5, 0.6) is 0 Å². The Morgan fingerprint density at radius 2 is 2.29 bits per heavy atom. The molecule has 1 aromatic carbocycles. The monoisotopic (exact) mass is 297 g/mol. The maximum absolute atomic E-state index is 10.7. The highest BCUT2D eigenvalue weighted by Gasteiger charge is 2.07. The van der Waals surface area contributed by atoms with E-state index < -0.39 is 0 Å². The first-order chi connectivity index (χ1) is 8.22. The number of anilines is 1. The third-order valence-electron chi connectivity index (χ3n) is 2.39. The van der Waals surface area contributed by atoms with E-state index in [1.54, 1.807) is 13.2 Å². The molecule has 0 N–H and O–H groups in total. The molecule has 0 aliphatic carbocycles. The molecule has 0 aliphatic heterocycles. The molecular weight excluding hydrogens is 282 g/mol. The first kappa shape index (κ1) is 13.9. The number of nitrogens with zero attached hydrogens (tertiary/aromatic N) is 1. The minimum absolute atomic E-state index is 0.652. The number of rotatable bonds is 7. The summed E-state index contributed by atoms with van der Waals surface area (Å²) in [5.41, 5.74) is 1.69. The molecule has 0 atom stereocenters. The molecule has 0 bridgehead atoms. The molecule has 0 amide bonds. The van der Waals surface area contributed by atoms with Crippen molar-refractivity contribution in [3.63, 3.8) is 0 Å². The molecule has 0 aliphatic rings. The van der Waals surface area contributed by atoms with Gasteiger partial charge in [0.05, 0.1) is 6.61 Å². The molecule has 0 unspecified atom stereocenters. The molecule has 0 saturated carbocycles. The fourth-order valence-electron chi connectivity index (χ4n) is 1.49. The van der Waals surface area contributed by atoms with Crippen molar-refractivity contribution in [2.24, 2.45) is 0 Å². The number of methoxy groups -OCH3 is 1. The Kier molecular flexibility index (Phi) is 5.94.